The predicted octanol–water partition coefficient (Wildman–Crippen LogP) is 3.51. The molecule has 136 valence electrons. The van der Waals surface area contributed by atoms with Crippen LogP contribution in [-0.4, -0.2) is 22.5 Å². The lowest BCUT2D eigenvalue weighted by molar-refractivity contribution is 0.0955. The fourth-order valence-electron chi connectivity index (χ4n) is 5.36. The quantitative estimate of drug-likeness (QED) is 0.775. The van der Waals surface area contributed by atoms with E-state index in [-0.39, 0.29) is 17.3 Å². The Hall–Kier alpha value is -2.79. The Morgan fingerprint density at radius 3 is 2.33 bits per heavy atom. The van der Waals surface area contributed by atoms with E-state index in [4.69, 9.17) is 4.42 Å². The van der Waals surface area contributed by atoms with Crippen LogP contribution in [-0.2, 0) is 5.41 Å². The maximum Gasteiger partial charge on any atom is 0.187 e. The molecular formula is C22H18O5. The Morgan fingerprint density at radius 2 is 1.67 bits per heavy atom. The van der Waals surface area contributed by atoms with Crippen molar-refractivity contribution in [2.24, 2.45) is 0 Å². The van der Waals surface area contributed by atoms with Gasteiger partial charge < -0.3 is 9.52 Å². The number of fused-ring (bicyclic) bond motifs is 3. The van der Waals surface area contributed by atoms with E-state index in [0.29, 0.717) is 52.0 Å². The fraction of sp³-hybridized carbons (Fsp3) is 0.318. The third-order valence-corrected chi connectivity index (χ3v) is 6.52. The van der Waals surface area contributed by atoms with Crippen LogP contribution in [0.25, 0.3) is 0 Å². The number of hydrogen-bond acceptors (Lipinski definition) is 5. The molecule has 2 atom stereocenters. The Labute approximate surface area is 155 Å². The highest BCUT2D eigenvalue weighted by Crippen LogP contribution is 2.55. The zero-order valence-electron chi connectivity index (χ0n) is 15.3. The highest BCUT2D eigenvalue weighted by atomic mass is 16.4. The number of hydrogen-bond donors (Lipinski definition) is 1. The Balaban J connectivity index is 1.95. The maximum atomic E-state index is 12.6. The van der Waals surface area contributed by atoms with E-state index in [1.807, 2.05) is 13.8 Å². The first kappa shape index (κ1) is 16.4. The van der Waals surface area contributed by atoms with Gasteiger partial charge in [0, 0.05) is 28.5 Å². The molecule has 1 N–H and O–H groups in total. The van der Waals surface area contributed by atoms with Gasteiger partial charge in [0.1, 0.15) is 18.1 Å². The summed E-state index contributed by atoms with van der Waals surface area (Å²) < 4.78 is 5.64. The van der Waals surface area contributed by atoms with Gasteiger partial charge in [0.15, 0.2) is 17.3 Å². The summed E-state index contributed by atoms with van der Waals surface area (Å²) in [5.41, 5.74) is 4.28. The minimum absolute atomic E-state index is 0.00893. The van der Waals surface area contributed by atoms with Crippen LogP contribution in [0.3, 0.4) is 0 Å². The predicted molar refractivity (Wildman–Crippen MR) is 96.5 cm³/mol. The molecule has 5 heteroatoms. The van der Waals surface area contributed by atoms with Gasteiger partial charge in [-0.3, -0.25) is 14.4 Å². The summed E-state index contributed by atoms with van der Waals surface area (Å²) in [5, 5.41) is 11.1. The number of furan rings is 1. The van der Waals surface area contributed by atoms with E-state index >= 15 is 0 Å². The van der Waals surface area contributed by atoms with Gasteiger partial charge in [-0.25, -0.2) is 0 Å². The molecule has 0 aliphatic heterocycles. The van der Waals surface area contributed by atoms with Crippen molar-refractivity contribution in [2.75, 3.05) is 0 Å². The van der Waals surface area contributed by atoms with Crippen molar-refractivity contribution in [3.63, 3.8) is 0 Å². The largest absolute Gasteiger partial charge is 0.465 e. The highest BCUT2D eigenvalue weighted by molar-refractivity contribution is 6.23. The molecule has 1 aromatic carbocycles. The molecule has 0 fully saturated rings. The Bertz CT molecular complexity index is 1130. The van der Waals surface area contributed by atoms with Crippen molar-refractivity contribution < 1.29 is 23.9 Å². The number of Topliss-reactive ketones (excluding diaryl/α,β-unsaturated/α-hetero) is 1. The second kappa shape index (κ2) is 4.93. The second-order valence-corrected chi connectivity index (χ2v) is 7.90. The van der Waals surface area contributed by atoms with Crippen LogP contribution in [0, 0.1) is 13.8 Å². The molecule has 2 unspecified atom stereocenters. The van der Waals surface area contributed by atoms with Crippen molar-refractivity contribution in [1.29, 1.82) is 0 Å². The van der Waals surface area contributed by atoms with Gasteiger partial charge in [0.05, 0.1) is 5.56 Å². The molecular weight excluding hydrogens is 344 g/mol. The van der Waals surface area contributed by atoms with E-state index < -0.39 is 11.5 Å². The number of allylic oxidation sites excluding steroid dienone is 2. The van der Waals surface area contributed by atoms with Crippen LogP contribution in [0.4, 0.5) is 0 Å². The third kappa shape index (κ3) is 1.75. The van der Waals surface area contributed by atoms with E-state index in [9.17, 15) is 19.5 Å². The minimum Gasteiger partial charge on any atom is -0.465 e. The number of aliphatic hydroxyl groups excluding tert-OH is 1. The molecule has 27 heavy (non-hydrogen) atoms. The second-order valence-electron chi connectivity index (χ2n) is 7.90. The van der Waals surface area contributed by atoms with E-state index in [0.717, 1.165) is 11.1 Å². The summed E-state index contributed by atoms with van der Waals surface area (Å²) in [6.45, 7) is 5.64. The molecule has 0 saturated heterocycles. The van der Waals surface area contributed by atoms with Crippen molar-refractivity contribution in [3.05, 3.63) is 68.7 Å². The summed E-state index contributed by atoms with van der Waals surface area (Å²) in [6, 6.07) is 0. The van der Waals surface area contributed by atoms with Gasteiger partial charge in [0.2, 0.25) is 0 Å². The number of carbonyl (C=O) groups excluding carboxylic acids is 3. The minimum atomic E-state index is -1.07. The molecule has 0 spiro atoms. The molecule has 1 heterocycles. The summed E-state index contributed by atoms with van der Waals surface area (Å²) in [7, 11) is 0. The van der Waals surface area contributed by atoms with Gasteiger partial charge in [-0.15, -0.1) is 0 Å². The summed E-state index contributed by atoms with van der Waals surface area (Å²) in [5.74, 6) is -0.0402. The Morgan fingerprint density at radius 1 is 1.04 bits per heavy atom. The molecule has 0 saturated carbocycles. The van der Waals surface area contributed by atoms with Gasteiger partial charge in [0.25, 0.3) is 0 Å². The number of benzene rings is 1. The topological polar surface area (TPSA) is 84.6 Å². The molecule has 3 aliphatic rings. The van der Waals surface area contributed by atoms with Crippen LogP contribution in [0.2, 0.25) is 0 Å². The zero-order valence-corrected chi connectivity index (χ0v) is 15.3. The van der Waals surface area contributed by atoms with Crippen LogP contribution in [0.1, 0.15) is 90.5 Å². The average Bonchev–Trinajstić information content (AvgIpc) is 3.09. The number of carbonyl (C=O) groups is 3. The molecule has 3 aliphatic carbocycles. The monoisotopic (exact) mass is 362 g/mol. The van der Waals surface area contributed by atoms with Crippen LogP contribution in [0.5, 0.6) is 0 Å². The van der Waals surface area contributed by atoms with Crippen molar-refractivity contribution in [2.45, 2.75) is 45.1 Å². The standard InChI is InChI=1S/C22H18O5/c1-9-15-13(24)4-5-14(25)16(15)10(2)18-17(9)20(26)21-19-11(8-27-21)12(23)6-7-22(18,19)3/h4-5,8,20,26H,6-7H2,1-3H3. The first-order valence-corrected chi connectivity index (χ1v) is 9.04. The number of aliphatic hydroxyl groups is 1. The molecule has 1 aromatic heterocycles. The third-order valence-electron chi connectivity index (χ3n) is 6.52. The fourth-order valence-corrected chi connectivity index (χ4v) is 5.36. The lowest BCUT2D eigenvalue weighted by Crippen LogP contribution is -2.38. The average molecular weight is 362 g/mol. The van der Waals surface area contributed by atoms with Crippen molar-refractivity contribution >= 4 is 17.3 Å². The normalized spacial score (nSPS) is 25.3. The number of rotatable bonds is 0. The summed E-state index contributed by atoms with van der Waals surface area (Å²) in [4.78, 5) is 37.5. The van der Waals surface area contributed by atoms with E-state index in [1.165, 1.54) is 18.4 Å². The summed E-state index contributed by atoms with van der Waals surface area (Å²) >= 11 is 0. The lowest BCUT2D eigenvalue weighted by atomic mass is 9.59. The first-order valence-electron chi connectivity index (χ1n) is 9.04. The molecule has 0 radical (unpaired) electrons. The van der Waals surface area contributed by atoms with Crippen LogP contribution < -0.4 is 0 Å². The van der Waals surface area contributed by atoms with Crippen molar-refractivity contribution in [1.82, 2.24) is 0 Å². The zero-order chi connectivity index (χ0) is 19.2. The van der Waals surface area contributed by atoms with Crippen LogP contribution in [0.15, 0.2) is 22.8 Å². The Kier molecular flexibility index (Phi) is 2.99. The van der Waals surface area contributed by atoms with E-state index in [2.05, 4.69) is 0 Å². The lowest BCUT2D eigenvalue weighted by Gasteiger charge is -2.43. The smallest absolute Gasteiger partial charge is 0.187 e. The SMILES string of the molecule is Cc1c2c(c(C)c3c1C(O)c1occ4c1C3(C)CCC4=O)C(=O)C=CC2=O. The summed E-state index contributed by atoms with van der Waals surface area (Å²) in [6.07, 6.45) is 3.91. The van der Waals surface area contributed by atoms with E-state index in [1.54, 1.807) is 6.92 Å². The van der Waals surface area contributed by atoms with Gasteiger partial charge >= 0.3 is 0 Å². The number of ketones is 3. The molecule has 5 rings (SSSR count). The van der Waals surface area contributed by atoms with Crippen molar-refractivity contribution in [3.8, 4) is 0 Å². The highest BCUT2D eigenvalue weighted by Gasteiger charge is 2.50. The molecule has 5 nitrogen and oxygen atoms in total. The van der Waals surface area contributed by atoms with Crippen LogP contribution >= 0.6 is 0 Å². The van der Waals surface area contributed by atoms with Gasteiger partial charge in [-0.1, -0.05) is 6.92 Å². The molecule has 0 bridgehead atoms. The van der Waals surface area contributed by atoms with Gasteiger partial charge in [-0.05, 0) is 54.7 Å². The van der Waals surface area contributed by atoms with Gasteiger partial charge in [-0.2, -0.15) is 0 Å². The maximum absolute atomic E-state index is 12.6. The molecule has 0 amide bonds. The first-order chi connectivity index (χ1) is 12.8. The molecule has 2 aromatic rings.